The van der Waals surface area contributed by atoms with Crippen molar-refractivity contribution in [2.75, 3.05) is 14.1 Å². The van der Waals surface area contributed by atoms with Gasteiger partial charge in [-0.2, -0.15) is 14.7 Å². The van der Waals surface area contributed by atoms with Crippen molar-refractivity contribution in [3.63, 3.8) is 0 Å². The van der Waals surface area contributed by atoms with E-state index in [1.165, 1.54) is 18.7 Å². The first kappa shape index (κ1) is 14.6. The summed E-state index contributed by atoms with van der Waals surface area (Å²) < 4.78 is 1.26. The van der Waals surface area contributed by atoms with Crippen LogP contribution in [-0.2, 0) is 4.79 Å². The maximum atomic E-state index is 12.6. The lowest BCUT2D eigenvalue weighted by Crippen LogP contribution is -2.53. The zero-order chi connectivity index (χ0) is 16.7. The van der Waals surface area contributed by atoms with Gasteiger partial charge in [-0.15, -0.1) is 0 Å². The van der Waals surface area contributed by atoms with E-state index in [1.807, 2.05) is 6.07 Å². The fourth-order valence-electron chi connectivity index (χ4n) is 2.68. The molecule has 3 rings (SSSR count). The Labute approximate surface area is 131 Å². The minimum atomic E-state index is -0.889. The second-order valence-corrected chi connectivity index (χ2v) is 5.14. The third kappa shape index (κ3) is 2.02. The first-order valence-corrected chi connectivity index (χ1v) is 6.79. The van der Waals surface area contributed by atoms with Gasteiger partial charge in [0, 0.05) is 11.8 Å². The Morgan fingerprint density at radius 3 is 2.74 bits per heavy atom. The van der Waals surface area contributed by atoms with Crippen molar-refractivity contribution in [2.24, 2.45) is 16.6 Å². The molecule has 8 heteroatoms. The Morgan fingerprint density at radius 2 is 2.13 bits per heavy atom. The number of dihydropyridines is 1. The molecular formula is C15H13N6O2+. The summed E-state index contributed by atoms with van der Waals surface area (Å²) in [5, 5.41) is 9.44. The van der Waals surface area contributed by atoms with Gasteiger partial charge in [0.25, 0.3) is 5.84 Å². The summed E-state index contributed by atoms with van der Waals surface area (Å²) in [5.41, 5.74) is 6.79. The molecule has 0 saturated heterocycles. The standard InChI is InChI=1S/C15H12N6O2/c1-20-13-11(14(22)21(2)15(20)23)10(8(7-16)12(17)19-13)9-5-3-4-6-18-9/h3-6,11,17H,1-2H3/p+1. The third-order valence-corrected chi connectivity index (χ3v) is 3.86. The summed E-state index contributed by atoms with van der Waals surface area (Å²) in [7, 11) is 2.90. The van der Waals surface area contributed by atoms with Crippen molar-refractivity contribution in [2.45, 2.75) is 0 Å². The number of pyridine rings is 1. The predicted molar refractivity (Wildman–Crippen MR) is 81.2 cm³/mol. The molecule has 8 nitrogen and oxygen atoms in total. The smallest absolute Gasteiger partial charge is 0.369 e. The topological polar surface area (TPSA) is 115 Å². The Morgan fingerprint density at radius 1 is 1.39 bits per heavy atom. The predicted octanol–water partition coefficient (Wildman–Crippen LogP) is -0.0214. The summed E-state index contributed by atoms with van der Waals surface area (Å²) in [6.07, 6.45) is 1.56. The molecule has 0 radical (unpaired) electrons. The number of imide groups is 1. The second-order valence-electron chi connectivity index (χ2n) is 5.14. The van der Waals surface area contributed by atoms with E-state index in [0.29, 0.717) is 11.3 Å². The SMILES string of the molecule is CN1C(=O)C2C(c3ccccn3)=C(C#N)C(N)=NC2=[N+](C)C1=O. The van der Waals surface area contributed by atoms with Crippen LogP contribution in [0.5, 0.6) is 0 Å². The number of nitrogens with two attached hydrogens (primary N) is 1. The Balaban J connectivity index is 2.34. The van der Waals surface area contributed by atoms with Crippen LogP contribution < -0.4 is 5.73 Å². The van der Waals surface area contributed by atoms with Crippen molar-refractivity contribution >= 4 is 29.2 Å². The zero-order valence-electron chi connectivity index (χ0n) is 12.5. The number of urea groups is 1. The van der Waals surface area contributed by atoms with Crippen LogP contribution in [-0.4, -0.2) is 52.2 Å². The summed E-state index contributed by atoms with van der Waals surface area (Å²) in [6.45, 7) is 0. The lowest BCUT2D eigenvalue weighted by molar-refractivity contribution is -0.407. The van der Waals surface area contributed by atoms with Gasteiger partial charge in [-0.05, 0) is 12.1 Å². The molecule has 1 aromatic rings. The number of carbonyl (C=O) groups is 2. The zero-order valence-corrected chi connectivity index (χ0v) is 12.5. The Hall–Kier alpha value is -3.34. The fourth-order valence-corrected chi connectivity index (χ4v) is 2.68. The molecule has 0 spiro atoms. The Bertz CT molecular complexity index is 860. The number of nitriles is 1. The lowest BCUT2D eigenvalue weighted by Gasteiger charge is -2.27. The van der Waals surface area contributed by atoms with Crippen LogP contribution in [0.15, 0.2) is 35.0 Å². The van der Waals surface area contributed by atoms with Crippen LogP contribution in [0.2, 0.25) is 0 Å². The van der Waals surface area contributed by atoms with E-state index in [4.69, 9.17) is 5.73 Å². The molecule has 114 valence electrons. The summed E-state index contributed by atoms with van der Waals surface area (Å²) in [4.78, 5) is 34.1. The van der Waals surface area contributed by atoms with Gasteiger partial charge in [0.2, 0.25) is 5.84 Å². The first-order valence-electron chi connectivity index (χ1n) is 6.79. The molecule has 0 fully saturated rings. The van der Waals surface area contributed by atoms with E-state index >= 15 is 0 Å². The molecule has 1 unspecified atom stereocenters. The highest BCUT2D eigenvalue weighted by Crippen LogP contribution is 2.33. The van der Waals surface area contributed by atoms with Gasteiger partial charge in [0.05, 0.1) is 19.8 Å². The number of aromatic nitrogens is 1. The van der Waals surface area contributed by atoms with Crippen molar-refractivity contribution in [3.8, 4) is 6.07 Å². The highest BCUT2D eigenvalue weighted by Gasteiger charge is 2.50. The van der Waals surface area contributed by atoms with Crippen LogP contribution in [0.3, 0.4) is 0 Å². The maximum absolute atomic E-state index is 12.6. The molecule has 0 bridgehead atoms. The summed E-state index contributed by atoms with van der Waals surface area (Å²) in [6, 6.07) is 6.65. The molecule has 2 aliphatic heterocycles. The van der Waals surface area contributed by atoms with E-state index in [2.05, 4.69) is 9.98 Å². The van der Waals surface area contributed by atoms with Crippen LogP contribution >= 0.6 is 0 Å². The number of fused-ring (bicyclic) bond motifs is 1. The van der Waals surface area contributed by atoms with Crippen LogP contribution in [0.25, 0.3) is 5.57 Å². The lowest BCUT2D eigenvalue weighted by atomic mass is 9.85. The van der Waals surface area contributed by atoms with Gasteiger partial charge < -0.3 is 5.73 Å². The quantitative estimate of drug-likeness (QED) is 0.732. The first-order chi connectivity index (χ1) is 11.0. The average Bonchev–Trinajstić information content (AvgIpc) is 2.57. The maximum Gasteiger partial charge on any atom is 0.445 e. The van der Waals surface area contributed by atoms with E-state index in [0.717, 1.165) is 4.90 Å². The molecule has 0 aliphatic carbocycles. The van der Waals surface area contributed by atoms with Crippen LogP contribution in [0, 0.1) is 17.2 Å². The molecule has 0 saturated carbocycles. The second kappa shape index (κ2) is 5.14. The van der Waals surface area contributed by atoms with Crippen molar-refractivity contribution < 1.29 is 14.2 Å². The van der Waals surface area contributed by atoms with Crippen LogP contribution in [0.1, 0.15) is 5.69 Å². The number of aliphatic imine (C=N–C) groups is 1. The largest absolute Gasteiger partial charge is 0.445 e. The van der Waals surface area contributed by atoms with Gasteiger partial charge in [-0.3, -0.25) is 9.78 Å². The van der Waals surface area contributed by atoms with Crippen molar-refractivity contribution in [1.29, 1.82) is 5.26 Å². The third-order valence-electron chi connectivity index (χ3n) is 3.86. The highest BCUT2D eigenvalue weighted by atomic mass is 16.2. The number of nitrogens with zero attached hydrogens (tertiary/aromatic N) is 5. The molecule has 1 atom stereocenters. The van der Waals surface area contributed by atoms with Crippen LogP contribution in [0.4, 0.5) is 4.79 Å². The minimum absolute atomic E-state index is 0.0311. The van der Waals surface area contributed by atoms with E-state index in [9.17, 15) is 14.9 Å². The number of amidine groups is 2. The van der Waals surface area contributed by atoms with E-state index in [-0.39, 0.29) is 17.2 Å². The van der Waals surface area contributed by atoms with Crippen molar-refractivity contribution in [1.82, 2.24) is 9.88 Å². The Kier molecular flexibility index (Phi) is 3.26. The molecular weight excluding hydrogens is 296 g/mol. The number of carbonyl (C=O) groups excluding carboxylic acids is 2. The number of hydrogen-bond donors (Lipinski definition) is 1. The fraction of sp³-hybridized carbons (Fsp3) is 0.200. The monoisotopic (exact) mass is 309 g/mol. The number of rotatable bonds is 1. The van der Waals surface area contributed by atoms with Crippen molar-refractivity contribution in [3.05, 3.63) is 35.7 Å². The summed E-state index contributed by atoms with van der Waals surface area (Å²) in [5.74, 6) is -1.18. The number of hydrogen-bond acceptors (Lipinski definition) is 6. The molecule has 23 heavy (non-hydrogen) atoms. The van der Waals surface area contributed by atoms with Gasteiger partial charge in [-0.1, -0.05) is 11.1 Å². The molecule has 0 aromatic carbocycles. The normalized spacial score (nSPS) is 21.2. The average molecular weight is 309 g/mol. The van der Waals surface area contributed by atoms with Gasteiger partial charge >= 0.3 is 11.9 Å². The number of amides is 3. The molecule has 2 aliphatic rings. The van der Waals surface area contributed by atoms with E-state index in [1.54, 1.807) is 24.4 Å². The van der Waals surface area contributed by atoms with Gasteiger partial charge in [-0.25, -0.2) is 4.79 Å². The molecule has 3 amide bonds. The molecule has 2 N–H and O–H groups in total. The van der Waals surface area contributed by atoms with Gasteiger partial charge in [0.1, 0.15) is 11.6 Å². The van der Waals surface area contributed by atoms with Gasteiger partial charge in [0.15, 0.2) is 5.92 Å². The summed E-state index contributed by atoms with van der Waals surface area (Å²) >= 11 is 0. The van der Waals surface area contributed by atoms with E-state index < -0.39 is 17.9 Å². The molecule has 1 aromatic heterocycles. The molecule has 3 heterocycles. The minimum Gasteiger partial charge on any atom is -0.369 e. The highest BCUT2D eigenvalue weighted by molar-refractivity contribution is 6.27.